The predicted molar refractivity (Wildman–Crippen MR) is 49.5 cm³/mol. The van der Waals surface area contributed by atoms with Crippen molar-refractivity contribution in [2.45, 2.75) is 6.92 Å². The summed E-state index contributed by atoms with van der Waals surface area (Å²) < 4.78 is 0. The molecule has 1 aromatic rings. The van der Waals surface area contributed by atoms with E-state index in [0.717, 1.165) is 0 Å². The Bertz CT molecular complexity index is 334. The van der Waals surface area contributed by atoms with E-state index >= 15 is 0 Å². The fourth-order valence-electron chi connectivity index (χ4n) is 0.963. The minimum atomic E-state index is 0.149. The van der Waals surface area contributed by atoms with E-state index in [-0.39, 0.29) is 5.75 Å². The quantitative estimate of drug-likeness (QED) is 0.409. The molecule has 4 nitrogen and oxygen atoms in total. The van der Waals surface area contributed by atoms with E-state index in [4.69, 9.17) is 0 Å². The van der Waals surface area contributed by atoms with Gasteiger partial charge in [-0.1, -0.05) is 12.1 Å². The maximum atomic E-state index is 9.94. The molecule has 2 N–H and O–H groups in total. The maximum Gasteiger partial charge on any atom is 0.227 e. The van der Waals surface area contributed by atoms with Crippen molar-refractivity contribution >= 4 is 12.1 Å². The van der Waals surface area contributed by atoms with Crippen LogP contribution in [0, 0.1) is 0 Å². The smallest absolute Gasteiger partial charge is 0.227 e. The summed E-state index contributed by atoms with van der Waals surface area (Å²) in [4.78, 5) is 9.94. The highest BCUT2D eigenvalue weighted by Gasteiger charge is 2.01. The number of hydrazone groups is 1. The fourth-order valence-corrected chi connectivity index (χ4v) is 0.963. The minimum Gasteiger partial charge on any atom is -0.507 e. The fraction of sp³-hybridized carbons (Fsp3) is 0.111. The van der Waals surface area contributed by atoms with Crippen molar-refractivity contribution in [2.24, 2.45) is 5.10 Å². The number of carbonyl (C=O) groups excluding carboxylic acids is 1. The third-order valence-electron chi connectivity index (χ3n) is 1.58. The Morgan fingerprint density at radius 2 is 2.23 bits per heavy atom. The van der Waals surface area contributed by atoms with Gasteiger partial charge in [-0.05, 0) is 19.1 Å². The lowest BCUT2D eigenvalue weighted by Gasteiger charge is -2.01. The zero-order chi connectivity index (χ0) is 9.68. The number of amides is 1. The van der Waals surface area contributed by atoms with Crippen LogP contribution in [0.3, 0.4) is 0 Å². The Morgan fingerprint density at radius 3 is 2.85 bits per heavy atom. The number of nitrogens with one attached hydrogen (secondary N) is 1. The van der Waals surface area contributed by atoms with Crippen LogP contribution in [-0.2, 0) is 4.79 Å². The molecule has 0 bridgehead atoms. The third-order valence-corrected chi connectivity index (χ3v) is 1.58. The maximum absolute atomic E-state index is 9.94. The molecule has 0 radical (unpaired) electrons. The molecule has 68 valence electrons. The number of rotatable bonds is 3. The molecule has 0 saturated carbocycles. The number of phenols is 1. The molecule has 0 heterocycles. The zero-order valence-electron chi connectivity index (χ0n) is 7.19. The largest absolute Gasteiger partial charge is 0.507 e. The van der Waals surface area contributed by atoms with Crippen LogP contribution >= 0.6 is 0 Å². The van der Waals surface area contributed by atoms with Gasteiger partial charge in [0.15, 0.2) is 0 Å². The van der Waals surface area contributed by atoms with Crippen molar-refractivity contribution in [1.82, 2.24) is 5.43 Å². The first-order valence-corrected chi connectivity index (χ1v) is 3.77. The second-order valence-electron chi connectivity index (χ2n) is 2.46. The van der Waals surface area contributed by atoms with Crippen molar-refractivity contribution in [1.29, 1.82) is 0 Å². The molecule has 0 unspecified atom stereocenters. The molecule has 1 aromatic carbocycles. The van der Waals surface area contributed by atoms with E-state index < -0.39 is 0 Å². The summed E-state index contributed by atoms with van der Waals surface area (Å²) in [5.74, 6) is 0.149. The van der Waals surface area contributed by atoms with Gasteiger partial charge in [0.1, 0.15) is 5.75 Å². The summed E-state index contributed by atoms with van der Waals surface area (Å²) in [7, 11) is 0. The van der Waals surface area contributed by atoms with Gasteiger partial charge < -0.3 is 5.11 Å². The van der Waals surface area contributed by atoms with Crippen molar-refractivity contribution in [3.63, 3.8) is 0 Å². The zero-order valence-corrected chi connectivity index (χ0v) is 7.19. The van der Waals surface area contributed by atoms with Gasteiger partial charge in [0.25, 0.3) is 0 Å². The van der Waals surface area contributed by atoms with Crippen molar-refractivity contribution in [3.05, 3.63) is 29.8 Å². The molecular formula is C9H10N2O2. The standard InChI is InChI=1S/C9H10N2O2/c1-7(11-10-6-12)8-4-2-3-5-9(8)13/h2-6,13H,1H3,(H,10,12)/b11-7-. The van der Waals surface area contributed by atoms with Crippen LogP contribution in [0.5, 0.6) is 5.75 Å². The number of hydrogen-bond acceptors (Lipinski definition) is 3. The van der Waals surface area contributed by atoms with Crippen LogP contribution in [0.25, 0.3) is 0 Å². The molecule has 0 aliphatic carbocycles. The van der Waals surface area contributed by atoms with E-state index in [1.54, 1.807) is 31.2 Å². The lowest BCUT2D eigenvalue weighted by Crippen LogP contribution is -2.06. The first-order valence-electron chi connectivity index (χ1n) is 3.77. The Labute approximate surface area is 75.9 Å². The van der Waals surface area contributed by atoms with Gasteiger partial charge in [0.05, 0.1) is 5.71 Å². The Morgan fingerprint density at radius 1 is 1.54 bits per heavy atom. The number of para-hydroxylation sites is 1. The van der Waals surface area contributed by atoms with Crippen LogP contribution in [0.4, 0.5) is 0 Å². The second kappa shape index (κ2) is 4.25. The van der Waals surface area contributed by atoms with Gasteiger partial charge in [-0.2, -0.15) is 5.10 Å². The van der Waals surface area contributed by atoms with Gasteiger partial charge in [-0.25, -0.2) is 5.43 Å². The molecule has 0 aliphatic rings. The number of phenolic OH excluding ortho intramolecular Hbond substituents is 1. The number of hydrogen-bond donors (Lipinski definition) is 2. The lowest BCUT2D eigenvalue weighted by molar-refractivity contribution is -0.109. The minimum absolute atomic E-state index is 0.149. The van der Waals surface area contributed by atoms with Crippen molar-refractivity contribution in [3.8, 4) is 5.75 Å². The first-order chi connectivity index (χ1) is 6.25. The predicted octanol–water partition coefficient (Wildman–Crippen LogP) is 0.862. The normalized spacial score (nSPS) is 11.0. The highest BCUT2D eigenvalue weighted by molar-refractivity contribution is 6.01. The Hall–Kier alpha value is -1.84. The highest BCUT2D eigenvalue weighted by atomic mass is 16.3. The van der Waals surface area contributed by atoms with Gasteiger partial charge >= 0.3 is 0 Å². The molecule has 0 aliphatic heterocycles. The molecule has 0 aromatic heterocycles. The van der Waals surface area contributed by atoms with Crippen molar-refractivity contribution in [2.75, 3.05) is 0 Å². The topological polar surface area (TPSA) is 61.7 Å². The average Bonchev–Trinajstić information content (AvgIpc) is 2.15. The lowest BCUT2D eigenvalue weighted by atomic mass is 10.1. The van der Waals surface area contributed by atoms with Crippen LogP contribution in [0.15, 0.2) is 29.4 Å². The van der Waals surface area contributed by atoms with Crippen LogP contribution in [-0.4, -0.2) is 17.2 Å². The van der Waals surface area contributed by atoms with E-state index in [2.05, 4.69) is 10.5 Å². The number of carbonyl (C=O) groups is 1. The Kier molecular flexibility index (Phi) is 3.03. The SMILES string of the molecule is C/C(=N/NC=O)c1ccccc1O. The van der Waals surface area contributed by atoms with Gasteiger partial charge in [-0.15, -0.1) is 0 Å². The molecule has 13 heavy (non-hydrogen) atoms. The van der Waals surface area contributed by atoms with Crippen LogP contribution < -0.4 is 5.43 Å². The summed E-state index contributed by atoms with van der Waals surface area (Å²) in [5, 5.41) is 13.1. The molecule has 0 fully saturated rings. The van der Waals surface area contributed by atoms with E-state index in [0.29, 0.717) is 17.7 Å². The Balaban J connectivity index is 2.94. The number of aromatic hydroxyl groups is 1. The van der Waals surface area contributed by atoms with E-state index in [1.165, 1.54) is 0 Å². The summed E-state index contributed by atoms with van der Waals surface area (Å²) in [5.41, 5.74) is 3.34. The summed E-state index contributed by atoms with van der Waals surface area (Å²) in [6.07, 6.45) is 0.476. The van der Waals surface area contributed by atoms with Crippen LogP contribution in [0.1, 0.15) is 12.5 Å². The van der Waals surface area contributed by atoms with Gasteiger partial charge in [0.2, 0.25) is 6.41 Å². The summed E-state index contributed by atoms with van der Waals surface area (Å²) in [6.45, 7) is 1.70. The number of benzene rings is 1. The summed E-state index contributed by atoms with van der Waals surface area (Å²) in [6, 6.07) is 6.80. The molecule has 0 spiro atoms. The van der Waals surface area contributed by atoms with E-state index in [9.17, 15) is 9.90 Å². The van der Waals surface area contributed by atoms with Crippen molar-refractivity contribution < 1.29 is 9.90 Å². The summed E-state index contributed by atoms with van der Waals surface area (Å²) >= 11 is 0. The highest BCUT2D eigenvalue weighted by Crippen LogP contribution is 2.15. The molecule has 0 saturated heterocycles. The average molecular weight is 178 g/mol. The first kappa shape index (κ1) is 9.25. The monoisotopic (exact) mass is 178 g/mol. The van der Waals surface area contributed by atoms with E-state index in [1.807, 2.05) is 0 Å². The molecule has 4 heteroatoms. The van der Waals surface area contributed by atoms with Gasteiger partial charge in [-0.3, -0.25) is 4.79 Å². The van der Waals surface area contributed by atoms with Crippen LogP contribution in [0.2, 0.25) is 0 Å². The second-order valence-corrected chi connectivity index (χ2v) is 2.46. The molecule has 1 amide bonds. The molecule has 1 rings (SSSR count). The van der Waals surface area contributed by atoms with Gasteiger partial charge in [0, 0.05) is 5.56 Å². The number of nitrogens with zero attached hydrogens (tertiary/aromatic N) is 1. The third kappa shape index (κ3) is 2.30. The molecule has 0 atom stereocenters. The molecular weight excluding hydrogens is 168 g/mol.